The molecule has 0 fully saturated rings. The summed E-state index contributed by atoms with van der Waals surface area (Å²) in [5.74, 6) is 1.69. The molecule has 4 aromatic rings. The number of hydrogen-bond acceptors (Lipinski definition) is 6. The van der Waals surface area contributed by atoms with E-state index >= 15 is 0 Å². The molecule has 8 nitrogen and oxygen atoms in total. The number of rotatable bonds is 7. The second-order valence-electron chi connectivity index (χ2n) is 7.62. The van der Waals surface area contributed by atoms with E-state index in [0.29, 0.717) is 23.7 Å². The number of amides is 1. The van der Waals surface area contributed by atoms with Crippen molar-refractivity contribution < 1.29 is 9.53 Å². The molecule has 8 heteroatoms. The number of nitrogens with zero attached hydrogens (tertiary/aromatic N) is 4. The third-order valence-corrected chi connectivity index (χ3v) is 5.18. The zero-order valence-electron chi connectivity index (χ0n) is 18.6. The molecule has 4 rings (SSSR count). The average molecular weight is 431 g/mol. The maximum absolute atomic E-state index is 11.8. The Kier molecular flexibility index (Phi) is 5.93. The van der Waals surface area contributed by atoms with E-state index < -0.39 is 0 Å². The first-order valence-electron chi connectivity index (χ1n) is 10.3. The molecule has 0 aliphatic carbocycles. The standard InChI is InChI=1S/C24H26N6O2/c1-25-23(31)21-14-19(11-12-26-21)32-18-9-10-22-20(13-18)28-24(30(22)4)27-15-16-5-7-17(8-6-16)29(2)3/h5-14H,15H2,1-4H3,(H,25,31)(H,27,28). The lowest BCUT2D eigenvalue weighted by Crippen LogP contribution is -2.18. The van der Waals surface area contributed by atoms with Crippen LogP contribution in [0.5, 0.6) is 11.5 Å². The SMILES string of the molecule is CNC(=O)c1cc(Oc2ccc3c(c2)nc(NCc2ccc(N(C)C)cc2)n3C)ccn1. The molecular formula is C24H26N6O2. The van der Waals surface area contributed by atoms with Gasteiger partial charge in [0.05, 0.1) is 11.0 Å². The molecule has 2 N–H and O–H groups in total. The molecule has 2 heterocycles. The van der Waals surface area contributed by atoms with Gasteiger partial charge in [0.25, 0.3) is 5.91 Å². The Hall–Kier alpha value is -4.07. The monoisotopic (exact) mass is 430 g/mol. The largest absolute Gasteiger partial charge is 0.457 e. The molecule has 0 saturated carbocycles. The Morgan fingerprint density at radius 2 is 1.81 bits per heavy atom. The fourth-order valence-corrected chi connectivity index (χ4v) is 3.36. The highest BCUT2D eigenvalue weighted by Gasteiger charge is 2.11. The van der Waals surface area contributed by atoms with Crippen molar-refractivity contribution in [3.63, 3.8) is 0 Å². The fourth-order valence-electron chi connectivity index (χ4n) is 3.36. The van der Waals surface area contributed by atoms with Gasteiger partial charge in [-0.3, -0.25) is 9.78 Å². The maximum Gasteiger partial charge on any atom is 0.269 e. The molecular weight excluding hydrogens is 404 g/mol. The van der Waals surface area contributed by atoms with Crippen LogP contribution in [0, 0.1) is 0 Å². The Morgan fingerprint density at radius 3 is 2.53 bits per heavy atom. The number of fused-ring (bicyclic) bond motifs is 1. The molecule has 0 saturated heterocycles. The van der Waals surface area contributed by atoms with Crippen molar-refractivity contribution in [2.24, 2.45) is 7.05 Å². The highest BCUT2D eigenvalue weighted by Crippen LogP contribution is 2.27. The number of ether oxygens (including phenoxy) is 1. The molecule has 164 valence electrons. The van der Waals surface area contributed by atoms with Crippen molar-refractivity contribution >= 4 is 28.6 Å². The van der Waals surface area contributed by atoms with E-state index in [1.165, 1.54) is 11.3 Å². The summed E-state index contributed by atoms with van der Waals surface area (Å²) in [6, 6.07) is 17.5. The van der Waals surface area contributed by atoms with Crippen molar-refractivity contribution in [1.82, 2.24) is 19.9 Å². The van der Waals surface area contributed by atoms with E-state index in [2.05, 4.69) is 44.8 Å². The lowest BCUT2D eigenvalue weighted by atomic mass is 10.2. The fraction of sp³-hybridized carbons (Fsp3) is 0.208. The first kappa shape index (κ1) is 21.2. The van der Waals surface area contributed by atoms with Crippen LogP contribution >= 0.6 is 0 Å². The van der Waals surface area contributed by atoms with Gasteiger partial charge >= 0.3 is 0 Å². The second kappa shape index (κ2) is 8.97. The zero-order valence-corrected chi connectivity index (χ0v) is 18.6. The molecule has 0 radical (unpaired) electrons. The lowest BCUT2D eigenvalue weighted by molar-refractivity contribution is 0.0958. The predicted octanol–water partition coefficient (Wildman–Crippen LogP) is 3.80. The number of nitrogens with one attached hydrogen (secondary N) is 2. The lowest BCUT2D eigenvalue weighted by Gasteiger charge is -2.13. The quantitative estimate of drug-likeness (QED) is 0.464. The van der Waals surface area contributed by atoms with Crippen LogP contribution in [-0.4, -0.2) is 41.6 Å². The van der Waals surface area contributed by atoms with Gasteiger partial charge in [-0.25, -0.2) is 4.98 Å². The number of benzene rings is 2. The van der Waals surface area contributed by atoms with Crippen molar-refractivity contribution in [3.8, 4) is 11.5 Å². The first-order valence-corrected chi connectivity index (χ1v) is 10.3. The Morgan fingerprint density at radius 1 is 1.06 bits per heavy atom. The molecule has 0 aliphatic rings. The van der Waals surface area contributed by atoms with Crippen LogP contribution in [0.4, 0.5) is 11.6 Å². The second-order valence-corrected chi connectivity index (χ2v) is 7.62. The van der Waals surface area contributed by atoms with Gasteiger partial charge in [0.1, 0.15) is 17.2 Å². The van der Waals surface area contributed by atoms with Crippen molar-refractivity contribution in [2.75, 3.05) is 31.4 Å². The van der Waals surface area contributed by atoms with Gasteiger partial charge < -0.3 is 24.8 Å². The van der Waals surface area contributed by atoms with E-state index in [-0.39, 0.29) is 5.91 Å². The van der Waals surface area contributed by atoms with Crippen molar-refractivity contribution in [2.45, 2.75) is 6.54 Å². The van der Waals surface area contributed by atoms with Crippen LogP contribution in [0.2, 0.25) is 0 Å². The van der Waals surface area contributed by atoms with Gasteiger partial charge in [-0.1, -0.05) is 12.1 Å². The molecule has 1 amide bonds. The number of aromatic nitrogens is 3. The summed E-state index contributed by atoms with van der Waals surface area (Å²) in [5, 5.41) is 5.97. The summed E-state index contributed by atoms with van der Waals surface area (Å²) in [5.41, 5.74) is 4.45. The Labute approximate surface area is 186 Å². The molecule has 2 aromatic carbocycles. The third-order valence-electron chi connectivity index (χ3n) is 5.18. The Bertz CT molecular complexity index is 1250. The normalized spacial score (nSPS) is 10.8. The summed E-state index contributed by atoms with van der Waals surface area (Å²) in [6.45, 7) is 0.674. The van der Waals surface area contributed by atoms with Crippen LogP contribution in [0.25, 0.3) is 11.0 Å². The highest BCUT2D eigenvalue weighted by atomic mass is 16.5. The van der Waals surface area contributed by atoms with Crippen LogP contribution in [0.15, 0.2) is 60.8 Å². The van der Waals surface area contributed by atoms with Gasteiger partial charge in [0.2, 0.25) is 5.95 Å². The van der Waals surface area contributed by atoms with Gasteiger partial charge in [0, 0.05) is 58.8 Å². The van der Waals surface area contributed by atoms with Gasteiger partial charge in [-0.2, -0.15) is 0 Å². The number of aryl methyl sites for hydroxylation is 1. The van der Waals surface area contributed by atoms with Gasteiger partial charge in [0.15, 0.2) is 0 Å². The summed E-state index contributed by atoms with van der Waals surface area (Å²) < 4.78 is 7.95. The number of imidazole rings is 1. The number of anilines is 2. The maximum atomic E-state index is 11.8. The van der Waals surface area contributed by atoms with Crippen molar-refractivity contribution in [1.29, 1.82) is 0 Å². The molecule has 0 unspecified atom stereocenters. The first-order chi connectivity index (χ1) is 15.4. The van der Waals surface area contributed by atoms with Crippen LogP contribution in [-0.2, 0) is 13.6 Å². The van der Waals surface area contributed by atoms with Crippen LogP contribution < -0.4 is 20.3 Å². The summed E-state index contributed by atoms with van der Waals surface area (Å²) in [7, 11) is 7.60. The van der Waals surface area contributed by atoms with E-state index in [9.17, 15) is 4.79 Å². The van der Waals surface area contributed by atoms with E-state index in [4.69, 9.17) is 9.72 Å². The zero-order chi connectivity index (χ0) is 22.7. The number of carbonyl (C=O) groups is 1. The minimum absolute atomic E-state index is 0.261. The van der Waals surface area contributed by atoms with Crippen molar-refractivity contribution in [3.05, 3.63) is 72.1 Å². The topological polar surface area (TPSA) is 84.3 Å². The average Bonchev–Trinajstić information content (AvgIpc) is 3.12. The molecule has 0 atom stereocenters. The minimum Gasteiger partial charge on any atom is -0.457 e. The molecule has 0 bridgehead atoms. The third kappa shape index (κ3) is 4.49. The van der Waals surface area contributed by atoms with E-state index in [1.807, 2.05) is 43.9 Å². The number of pyridine rings is 1. The van der Waals surface area contributed by atoms with E-state index in [0.717, 1.165) is 17.0 Å². The minimum atomic E-state index is -0.261. The summed E-state index contributed by atoms with van der Waals surface area (Å²) in [6.07, 6.45) is 1.55. The Balaban J connectivity index is 1.50. The smallest absolute Gasteiger partial charge is 0.269 e. The summed E-state index contributed by atoms with van der Waals surface area (Å²) >= 11 is 0. The molecule has 2 aromatic heterocycles. The highest BCUT2D eigenvalue weighted by molar-refractivity contribution is 5.92. The molecule has 0 aliphatic heterocycles. The number of carbonyl (C=O) groups excluding carboxylic acids is 1. The van der Waals surface area contributed by atoms with Gasteiger partial charge in [-0.15, -0.1) is 0 Å². The molecule has 32 heavy (non-hydrogen) atoms. The van der Waals surface area contributed by atoms with Crippen LogP contribution in [0.1, 0.15) is 16.1 Å². The predicted molar refractivity (Wildman–Crippen MR) is 127 cm³/mol. The summed E-state index contributed by atoms with van der Waals surface area (Å²) in [4.78, 5) is 22.6. The van der Waals surface area contributed by atoms with E-state index in [1.54, 1.807) is 25.4 Å². The molecule has 0 spiro atoms. The van der Waals surface area contributed by atoms with Gasteiger partial charge in [-0.05, 0) is 35.9 Å². The van der Waals surface area contributed by atoms with Crippen LogP contribution in [0.3, 0.4) is 0 Å². The number of hydrogen-bond donors (Lipinski definition) is 2.